The molecule has 0 saturated heterocycles. The highest BCUT2D eigenvalue weighted by molar-refractivity contribution is 5.56. The van der Waals surface area contributed by atoms with E-state index in [-0.39, 0.29) is 5.82 Å². The fourth-order valence-electron chi connectivity index (χ4n) is 2.02. The molecule has 18 heavy (non-hydrogen) atoms. The van der Waals surface area contributed by atoms with Gasteiger partial charge in [-0.05, 0) is 18.9 Å². The Bertz CT molecular complexity index is 558. The number of hydrogen-bond acceptors (Lipinski definition) is 2. The molecule has 1 fully saturated rings. The third-order valence-electron chi connectivity index (χ3n) is 3.29. The molecular weight excluding hydrogens is 229 g/mol. The third kappa shape index (κ3) is 2.29. The lowest BCUT2D eigenvalue weighted by atomic mass is 10.1. The molecule has 0 amide bonds. The monoisotopic (exact) mass is 245 g/mol. The Morgan fingerprint density at radius 2 is 2.28 bits per heavy atom. The maximum Gasteiger partial charge on any atom is 0.139 e. The molecule has 0 unspecified atom stereocenters. The van der Waals surface area contributed by atoms with Gasteiger partial charge in [-0.15, -0.1) is 0 Å². The molecule has 3 rings (SSSR count). The molecule has 3 nitrogen and oxygen atoms in total. The van der Waals surface area contributed by atoms with Crippen molar-refractivity contribution in [3.8, 4) is 11.4 Å². The van der Waals surface area contributed by atoms with E-state index in [1.807, 2.05) is 29.9 Å². The van der Waals surface area contributed by atoms with E-state index in [0.29, 0.717) is 12.6 Å². The summed E-state index contributed by atoms with van der Waals surface area (Å²) < 4.78 is 15.9. The summed E-state index contributed by atoms with van der Waals surface area (Å²) in [5.41, 5.74) is 1.54. The van der Waals surface area contributed by atoms with Crippen LogP contribution in [0.2, 0.25) is 0 Å². The average Bonchev–Trinajstić information content (AvgIpc) is 3.09. The first kappa shape index (κ1) is 11.4. The van der Waals surface area contributed by atoms with Gasteiger partial charge in [-0.2, -0.15) is 0 Å². The summed E-state index contributed by atoms with van der Waals surface area (Å²) in [5.74, 6) is 0.624. The predicted molar refractivity (Wildman–Crippen MR) is 68.5 cm³/mol. The summed E-state index contributed by atoms with van der Waals surface area (Å²) in [6.07, 6.45) is 6.01. The van der Waals surface area contributed by atoms with Gasteiger partial charge < -0.3 is 9.88 Å². The molecule has 94 valence electrons. The normalized spacial score (nSPS) is 15.0. The van der Waals surface area contributed by atoms with Crippen LogP contribution in [-0.2, 0) is 13.6 Å². The summed E-state index contributed by atoms with van der Waals surface area (Å²) in [6.45, 7) is 0.608. The van der Waals surface area contributed by atoms with Crippen LogP contribution >= 0.6 is 0 Å². The number of benzene rings is 1. The van der Waals surface area contributed by atoms with E-state index in [4.69, 9.17) is 0 Å². The average molecular weight is 245 g/mol. The van der Waals surface area contributed by atoms with Crippen LogP contribution < -0.4 is 5.32 Å². The Kier molecular flexibility index (Phi) is 2.88. The Balaban J connectivity index is 1.81. The minimum atomic E-state index is -0.163. The molecule has 0 spiro atoms. The highest BCUT2D eigenvalue weighted by atomic mass is 19.1. The molecule has 1 saturated carbocycles. The number of aromatic nitrogens is 2. The fourth-order valence-corrected chi connectivity index (χ4v) is 2.02. The van der Waals surface area contributed by atoms with Crippen LogP contribution in [0, 0.1) is 5.82 Å². The zero-order valence-corrected chi connectivity index (χ0v) is 10.4. The molecule has 0 aliphatic heterocycles. The van der Waals surface area contributed by atoms with Crippen molar-refractivity contribution in [3.05, 3.63) is 42.0 Å². The largest absolute Gasteiger partial charge is 0.334 e. The minimum absolute atomic E-state index is 0.163. The Labute approximate surface area is 106 Å². The summed E-state index contributed by atoms with van der Waals surface area (Å²) in [7, 11) is 1.91. The SMILES string of the molecule is Cn1ccnc1-c1ccc(CNC2CC2)c(F)c1. The molecule has 1 aliphatic carbocycles. The van der Waals surface area contributed by atoms with Crippen molar-refractivity contribution >= 4 is 0 Å². The second-order valence-corrected chi connectivity index (χ2v) is 4.82. The highest BCUT2D eigenvalue weighted by Gasteiger charge is 2.20. The molecule has 0 bridgehead atoms. The first-order chi connectivity index (χ1) is 8.74. The molecule has 2 aromatic rings. The molecule has 1 aromatic heterocycles. The maximum atomic E-state index is 14.0. The lowest BCUT2D eigenvalue weighted by molar-refractivity contribution is 0.587. The lowest BCUT2D eigenvalue weighted by Crippen LogP contribution is -2.16. The summed E-state index contributed by atoms with van der Waals surface area (Å²) >= 11 is 0. The van der Waals surface area contributed by atoms with Crippen LogP contribution in [-0.4, -0.2) is 15.6 Å². The maximum absolute atomic E-state index is 14.0. The predicted octanol–water partition coefficient (Wildman–Crippen LogP) is 2.48. The van der Waals surface area contributed by atoms with Gasteiger partial charge in [-0.1, -0.05) is 12.1 Å². The van der Waals surface area contributed by atoms with E-state index >= 15 is 0 Å². The number of halogens is 1. The lowest BCUT2D eigenvalue weighted by Gasteiger charge is -2.07. The van der Waals surface area contributed by atoms with Gasteiger partial charge in [0.2, 0.25) is 0 Å². The molecular formula is C14H16FN3. The molecule has 1 N–H and O–H groups in total. The minimum Gasteiger partial charge on any atom is -0.334 e. The van der Waals surface area contributed by atoms with Crippen molar-refractivity contribution in [2.75, 3.05) is 0 Å². The topological polar surface area (TPSA) is 29.9 Å². The number of imidazole rings is 1. The Hall–Kier alpha value is -1.68. The van der Waals surface area contributed by atoms with Crippen molar-refractivity contribution in [3.63, 3.8) is 0 Å². The van der Waals surface area contributed by atoms with Crippen LogP contribution in [0.5, 0.6) is 0 Å². The first-order valence-corrected chi connectivity index (χ1v) is 6.23. The number of aryl methyl sites for hydroxylation is 1. The molecule has 1 aromatic carbocycles. The van der Waals surface area contributed by atoms with E-state index in [9.17, 15) is 4.39 Å². The third-order valence-corrected chi connectivity index (χ3v) is 3.29. The molecule has 4 heteroatoms. The second kappa shape index (κ2) is 4.53. The van der Waals surface area contributed by atoms with E-state index in [1.54, 1.807) is 12.3 Å². The van der Waals surface area contributed by atoms with E-state index in [0.717, 1.165) is 17.0 Å². The molecule has 0 atom stereocenters. The quantitative estimate of drug-likeness (QED) is 0.896. The van der Waals surface area contributed by atoms with Gasteiger partial charge in [-0.25, -0.2) is 9.37 Å². The number of nitrogens with one attached hydrogen (secondary N) is 1. The van der Waals surface area contributed by atoms with E-state index in [2.05, 4.69) is 10.3 Å². The van der Waals surface area contributed by atoms with Crippen LogP contribution in [0.15, 0.2) is 30.6 Å². The molecule has 1 aliphatic rings. The van der Waals surface area contributed by atoms with Crippen molar-refractivity contribution in [2.45, 2.75) is 25.4 Å². The van der Waals surface area contributed by atoms with Crippen molar-refractivity contribution < 1.29 is 4.39 Å². The standard InChI is InChI=1S/C14H16FN3/c1-18-7-6-16-14(18)10-2-3-11(13(15)8-10)9-17-12-4-5-12/h2-3,6-8,12,17H,4-5,9H2,1H3. The van der Waals surface area contributed by atoms with Crippen molar-refractivity contribution in [1.29, 1.82) is 0 Å². The summed E-state index contributed by atoms with van der Waals surface area (Å²) in [4.78, 5) is 4.22. The summed E-state index contributed by atoms with van der Waals surface area (Å²) in [5, 5.41) is 3.32. The smallest absolute Gasteiger partial charge is 0.139 e. The van der Waals surface area contributed by atoms with Crippen molar-refractivity contribution in [1.82, 2.24) is 14.9 Å². The van der Waals surface area contributed by atoms with Gasteiger partial charge in [-0.3, -0.25) is 0 Å². The fraction of sp³-hybridized carbons (Fsp3) is 0.357. The van der Waals surface area contributed by atoms with Gasteiger partial charge in [0.1, 0.15) is 11.6 Å². The van der Waals surface area contributed by atoms with Crippen LogP contribution in [0.3, 0.4) is 0 Å². The van der Waals surface area contributed by atoms with Gasteiger partial charge in [0.15, 0.2) is 0 Å². The van der Waals surface area contributed by atoms with Crippen LogP contribution in [0.1, 0.15) is 18.4 Å². The zero-order chi connectivity index (χ0) is 12.5. The molecule has 0 radical (unpaired) electrons. The van der Waals surface area contributed by atoms with E-state index < -0.39 is 0 Å². The highest BCUT2D eigenvalue weighted by Crippen LogP contribution is 2.22. The number of rotatable bonds is 4. The van der Waals surface area contributed by atoms with Gasteiger partial charge in [0.25, 0.3) is 0 Å². The van der Waals surface area contributed by atoms with Gasteiger partial charge in [0, 0.05) is 43.2 Å². The second-order valence-electron chi connectivity index (χ2n) is 4.82. The Morgan fingerprint density at radius 1 is 1.44 bits per heavy atom. The zero-order valence-electron chi connectivity index (χ0n) is 10.4. The van der Waals surface area contributed by atoms with Crippen LogP contribution in [0.4, 0.5) is 4.39 Å². The van der Waals surface area contributed by atoms with Crippen molar-refractivity contribution in [2.24, 2.45) is 7.05 Å². The van der Waals surface area contributed by atoms with E-state index in [1.165, 1.54) is 12.8 Å². The van der Waals surface area contributed by atoms with Gasteiger partial charge in [0.05, 0.1) is 0 Å². The summed E-state index contributed by atoms with van der Waals surface area (Å²) in [6, 6.07) is 5.93. The van der Waals surface area contributed by atoms with Gasteiger partial charge >= 0.3 is 0 Å². The Morgan fingerprint density at radius 3 is 2.89 bits per heavy atom. The first-order valence-electron chi connectivity index (χ1n) is 6.23. The van der Waals surface area contributed by atoms with Crippen LogP contribution in [0.25, 0.3) is 11.4 Å². The molecule has 1 heterocycles. The number of nitrogens with zero attached hydrogens (tertiary/aromatic N) is 2. The number of hydrogen-bond donors (Lipinski definition) is 1.